The zero-order valence-corrected chi connectivity index (χ0v) is 17.6. The fourth-order valence-electron chi connectivity index (χ4n) is 4.64. The molecule has 1 spiro atoms. The average molecular weight is 397 g/mol. The molecule has 2 N–H and O–H groups in total. The minimum atomic E-state index is -0.0365. The van der Waals surface area contributed by atoms with Gasteiger partial charge in [0.15, 0.2) is 5.96 Å². The fourth-order valence-corrected chi connectivity index (χ4v) is 4.64. The zero-order valence-electron chi connectivity index (χ0n) is 17.6. The fraction of sp³-hybridized carbons (Fsp3) is 0.522. The van der Waals surface area contributed by atoms with Gasteiger partial charge < -0.3 is 19.8 Å². The van der Waals surface area contributed by atoms with E-state index in [1.54, 1.807) is 6.26 Å². The summed E-state index contributed by atoms with van der Waals surface area (Å²) in [5.74, 6) is 2.76. The van der Waals surface area contributed by atoms with E-state index in [-0.39, 0.29) is 17.7 Å². The number of hydrogen-bond donors (Lipinski definition) is 2. The maximum Gasteiger partial charge on any atom is 0.191 e. The van der Waals surface area contributed by atoms with Crippen LogP contribution in [-0.4, -0.2) is 44.1 Å². The lowest BCUT2D eigenvalue weighted by molar-refractivity contribution is 0.0396. The molecule has 0 amide bonds. The van der Waals surface area contributed by atoms with Crippen LogP contribution in [0.15, 0.2) is 52.1 Å². The molecule has 1 aromatic heterocycles. The third kappa shape index (κ3) is 4.27. The number of nitrogens with zero attached hydrogens (tertiary/aromatic N) is 2. The lowest BCUT2D eigenvalue weighted by Gasteiger charge is -2.40. The quantitative estimate of drug-likeness (QED) is 0.593. The van der Waals surface area contributed by atoms with E-state index in [4.69, 9.17) is 9.15 Å². The van der Waals surface area contributed by atoms with Crippen molar-refractivity contribution >= 4 is 5.96 Å². The van der Waals surface area contributed by atoms with E-state index in [0.29, 0.717) is 6.54 Å². The number of likely N-dealkylation sites (N-methyl/N-ethyl adjacent to an activating group) is 1. The van der Waals surface area contributed by atoms with Crippen LogP contribution in [0.25, 0.3) is 0 Å². The summed E-state index contributed by atoms with van der Waals surface area (Å²) in [6.45, 7) is 0.705. The number of para-hydroxylation sites is 1. The molecule has 6 heteroatoms. The molecule has 6 nitrogen and oxygen atoms in total. The highest BCUT2D eigenvalue weighted by molar-refractivity contribution is 5.80. The SMILES string of the molecule is CN=C(NCC(c1ccco1)N(C)C)NC1CC2(CCCC2)Oc2ccccc21. The first-order chi connectivity index (χ1) is 14.1. The van der Waals surface area contributed by atoms with E-state index in [0.717, 1.165) is 36.7 Å². The molecule has 1 aliphatic heterocycles. The van der Waals surface area contributed by atoms with Gasteiger partial charge >= 0.3 is 0 Å². The van der Waals surface area contributed by atoms with Crippen molar-refractivity contribution in [1.29, 1.82) is 0 Å². The van der Waals surface area contributed by atoms with Crippen LogP contribution in [0.3, 0.4) is 0 Å². The lowest BCUT2D eigenvalue weighted by Crippen LogP contribution is -2.47. The van der Waals surface area contributed by atoms with Gasteiger partial charge in [0.05, 0.1) is 18.3 Å². The molecular formula is C23H32N4O2. The molecule has 2 aliphatic rings. The zero-order chi connectivity index (χ0) is 20.3. The maximum absolute atomic E-state index is 6.49. The lowest BCUT2D eigenvalue weighted by atomic mass is 9.86. The number of ether oxygens (including phenoxy) is 1. The molecule has 1 aromatic carbocycles. The summed E-state index contributed by atoms with van der Waals surface area (Å²) in [7, 11) is 5.94. The summed E-state index contributed by atoms with van der Waals surface area (Å²) in [6.07, 6.45) is 7.45. The third-order valence-corrected chi connectivity index (χ3v) is 6.20. The second kappa shape index (κ2) is 8.49. The van der Waals surface area contributed by atoms with Crippen molar-refractivity contribution in [2.75, 3.05) is 27.7 Å². The highest BCUT2D eigenvalue weighted by atomic mass is 16.5. The first-order valence-electron chi connectivity index (χ1n) is 10.6. The van der Waals surface area contributed by atoms with E-state index < -0.39 is 0 Å². The Morgan fingerprint density at radius 2 is 2.00 bits per heavy atom. The molecule has 2 atom stereocenters. The largest absolute Gasteiger partial charge is 0.487 e. The molecule has 1 aliphatic carbocycles. The molecule has 0 radical (unpaired) electrons. The number of guanidine groups is 1. The number of furan rings is 1. The normalized spacial score (nSPS) is 21.7. The molecular weight excluding hydrogens is 364 g/mol. The summed E-state index contributed by atoms with van der Waals surface area (Å²) < 4.78 is 12.1. The van der Waals surface area contributed by atoms with Gasteiger partial charge in [0, 0.05) is 25.6 Å². The molecule has 2 heterocycles. The number of fused-ring (bicyclic) bond motifs is 1. The first kappa shape index (κ1) is 19.8. The second-order valence-electron chi connectivity index (χ2n) is 8.38. The average Bonchev–Trinajstić information content (AvgIpc) is 3.39. The van der Waals surface area contributed by atoms with Crippen molar-refractivity contribution in [3.8, 4) is 5.75 Å². The molecule has 0 saturated heterocycles. The molecule has 1 fully saturated rings. The molecule has 29 heavy (non-hydrogen) atoms. The molecule has 2 unspecified atom stereocenters. The Morgan fingerprint density at radius 3 is 2.69 bits per heavy atom. The standard InChI is InChI=1S/C23H32N4O2/c1-24-22(25-16-19(27(2)3)21-11-8-14-28-21)26-18-15-23(12-6-7-13-23)29-20-10-5-4-9-17(18)20/h4-5,8-11,14,18-19H,6-7,12-13,15-16H2,1-3H3,(H2,24,25,26). The van der Waals surface area contributed by atoms with Crippen molar-refractivity contribution in [2.24, 2.45) is 4.99 Å². The van der Waals surface area contributed by atoms with Gasteiger partial charge in [0.2, 0.25) is 0 Å². The molecule has 156 valence electrons. The Labute approximate surface area is 173 Å². The van der Waals surface area contributed by atoms with E-state index in [1.807, 2.05) is 19.2 Å². The topological polar surface area (TPSA) is 62.0 Å². The van der Waals surface area contributed by atoms with Crippen LogP contribution < -0.4 is 15.4 Å². The second-order valence-corrected chi connectivity index (χ2v) is 8.38. The van der Waals surface area contributed by atoms with Crippen LogP contribution in [0.2, 0.25) is 0 Å². The minimum Gasteiger partial charge on any atom is -0.487 e. The van der Waals surface area contributed by atoms with Crippen LogP contribution in [0.5, 0.6) is 5.75 Å². The van der Waals surface area contributed by atoms with Gasteiger partial charge in [-0.2, -0.15) is 0 Å². The summed E-state index contributed by atoms with van der Waals surface area (Å²) in [6, 6.07) is 12.7. The van der Waals surface area contributed by atoms with Gasteiger partial charge in [-0.05, 0) is 58.0 Å². The first-order valence-corrected chi connectivity index (χ1v) is 10.6. The maximum atomic E-state index is 6.49. The predicted octanol–water partition coefficient (Wildman–Crippen LogP) is 3.88. The van der Waals surface area contributed by atoms with Crippen LogP contribution in [0.4, 0.5) is 0 Å². The number of hydrogen-bond acceptors (Lipinski definition) is 4. The van der Waals surface area contributed by atoms with Crippen LogP contribution in [-0.2, 0) is 0 Å². The van der Waals surface area contributed by atoms with E-state index in [2.05, 4.69) is 58.9 Å². The van der Waals surface area contributed by atoms with Crippen LogP contribution in [0, 0.1) is 0 Å². The van der Waals surface area contributed by atoms with Crippen molar-refractivity contribution < 1.29 is 9.15 Å². The highest BCUT2D eigenvalue weighted by Gasteiger charge is 2.43. The van der Waals surface area contributed by atoms with Gasteiger partial charge in [0.25, 0.3) is 0 Å². The van der Waals surface area contributed by atoms with Crippen molar-refractivity contribution in [3.63, 3.8) is 0 Å². The Hall–Kier alpha value is -2.47. The number of rotatable bonds is 5. The molecule has 0 bridgehead atoms. The molecule has 2 aromatic rings. The van der Waals surface area contributed by atoms with Crippen LogP contribution in [0.1, 0.15) is 55.5 Å². The summed E-state index contributed by atoms with van der Waals surface area (Å²) in [4.78, 5) is 6.64. The number of aliphatic imine (C=N–C) groups is 1. The number of benzene rings is 1. The van der Waals surface area contributed by atoms with Gasteiger partial charge in [-0.25, -0.2) is 0 Å². The predicted molar refractivity (Wildman–Crippen MR) is 115 cm³/mol. The van der Waals surface area contributed by atoms with E-state index in [9.17, 15) is 0 Å². The monoisotopic (exact) mass is 396 g/mol. The van der Waals surface area contributed by atoms with E-state index in [1.165, 1.54) is 18.4 Å². The number of nitrogens with one attached hydrogen (secondary N) is 2. The molecule has 4 rings (SSSR count). The van der Waals surface area contributed by atoms with Gasteiger partial charge in [0.1, 0.15) is 17.1 Å². The Morgan fingerprint density at radius 1 is 1.21 bits per heavy atom. The summed E-state index contributed by atoms with van der Waals surface area (Å²) >= 11 is 0. The van der Waals surface area contributed by atoms with Gasteiger partial charge in [-0.3, -0.25) is 9.89 Å². The Bertz CT molecular complexity index is 825. The summed E-state index contributed by atoms with van der Waals surface area (Å²) in [5.41, 5.74) is 1.17. The van der Waals surface area contributed by atoms with Crippen molar-refractivity contribution in [1.82, 2.24) is 15.5 Å². The van der Waals surface area contributed by atoms with Crippen molar-refractivity contribution in [3.05, 3.63) is 54.0 Å². The van der Waals surface area contributed by atoms with Crippen LogP contribution >= 0.6 is 0 Å². The van der Waals surface area contributed by atoms with Gasteiger partial charge in [-0.15, -0.1) is 0 Å². The molecule has 1 saturated carbocycles. The van der Waals surface area contributed by atoms with E-state index >= 15 is 0 Å². The highest BCUT2D eigenvalue weighted by Crippen LogP contribution is 2.46. The summed E-state index contributed by atoms with van der Waals surface area (Å²) in [5, 5.41) is 7.15. The third-order valence-electron chi connectivity index (χ3n) is 6.20. The Kier molecular flexibility index (Phi) is 5.81. The minimum absolute atomic E-state index is 0.0365. The smallest absolute Gasteiger partial charge is 0.191 e. The Balaban J connectivity index is 1.47. The van der Waals surface area contributed by atoms with Gasteiger partial charge in [-0.1, -0.05) is 18.2 Å². The van der Waals surface area contributed by atoms with Crippen molar-refractivity contribution in [2.45, 2.75) is 49.8 Å².